The average molecular weight is 317 g/mol. The molecule has 2 heterocycles. The molecular formula is C18H23NO2S. The molecule has 2 aromatic rings. The van der Waals surface area contributed by atoms with Crippen molar-refractivity contribution in [1.29, 1.82) is 0 Å². The summed E-state index contributed by atoms with van der Waals surface area (Å²) in [5, 5.41) is 13.2. The molecule has 1 aliphatic rings. The Morgan fingerprint density at radius 1 is 1.45 bits per heavy atom. The monoisotopic (exact) mass is 317 g/mol. The van der Waals surface area contributed by atoms with Gasteiger partial charge in [-0.2, -0.15) is 0 Å². The van der Waals surface area contributed by atoms with Gasteiger partial charge in [-0.1, -0.05) is 18.2 Å². The van der Waals surface area contributed by atoms with E-state index in [4.69, 9.17) is 0 Å². The van der Waals surface area contributed by atoms with Gasteiger partial charge in [0.15, 0.2) is 0 Å². The van der Waals surface area contributed by atoms with Crippen molar-refractivity contribution in [1.82, 2.24) is 4.90 Å². The van der Waals surface area contributed by atoms with Gasteiger partial charge in [0, 0.05) is 30.1 Å². The fourth-order valence-corrected chi connectivity index (χ4v) is 4.22. The number of rotatable bonds is 5. The maximum Gasteiger partial charge on any atom is 0.222 e. The zero-order chi connectivity index (χ0) is 15.5. The van der Waals surface area contributed by atoms with Gasteiger partial charge in [0.2, 0.25) is 5.91 Å². The summed E-state index contributed by atoms with van der Waals surface area (Å²) in [7, 11) is 0. The summed E-state index contributed by atoms with van der Waals surface area (Å²) < 4.78 is 1.32. The SMILES string of the molecule is CC(O)C1CCN(C(=O)CCCc2csc3ccccc23)C1. The number of carbonyl (C=O) groups is 1. The lowest BCUT2D eigenvalue weighted by atomic mass is 10.0. The molecule has 1 N–H and O–H groups in total. The molecule has 1 saturated heterocycles. The van der Waals surface area contributed by atoms with Gasteiger partial charge in [-0.05, 0) is 48.6 Å². The highest BCUT2D eigenvalue weighted by atomic mass is 32.1. The highest BCUT2D eigenvalue weighted by Crippen LogP contribution is 2.27. The maximum atomic E-state index is 12.3. The average Bonchev–Trinajstić information content (AvgIpc) is 3.14. The first-order valence-corrected chi connectivity index (χ1v) is 8.94. The minimum absolute atomic E-state index is 0.239. The van der Waals surface area contributed by atoms with Gasteiger partial charge in [-0.25, -0.2) is 0 Å². The zero-order valence-electron chi connectivity index (χ0n) is 13.0. The molecule has 1 amide bonds. The van der Waals surface area contributed by atoms with Gasteiger partial charge in [0.1, 0.15) is 0 Å². The molecule has 4 heteroatoms. The van der Waals surface area contributed by atoms with E-state index in [9.17, 15) is 9.90 Å². The van der Waals surface area contributed by atoms with E-state index < -0.39 is 0 Å². The van der Waals surface area contributed by atoms with Gasteiger partial charge >= 0.3 is 0 Å². The molecule has 1 aliphatic heterocycles. The van der Waals surface area contributed by atoms with E-state index in [1.54, 1.807) is 11.3 Å². The van der Waals surface area contributed by atoms with E-state index in [0.717, 1.165) is 32.4 Å². The molecule has 0 saturated carbocycles. The van der Waals surface area contributed by atoms with Crippen LogP contribution in [0.4, 0.5) is 0 Å². The molecule has 0 bridgehead atoms. The lowest BCUT2D eigenvalue weighted by Gasteiger charge is -2.17. The summed E-state index contributed by atoms with van der Waals surface area (Å²) in [6.45, 7) is 3.34. The predicted octanol–water partition coefficient (Wildman–Crippen LogP) is 3.45. The van der Waals surface area contributed by atoms with E-state index in [1.807, 2.05) is 11.8 Å². The number of hydrogen-bond acceptors (Lipinski definition) is 3. The van der Waals surface area contributed by atoms with Crippen molar-refractivity contribution in [2.24, 2.45) is 5.92 Å². The molecule has 0 radical (unpaired) electrons. The van der Waals surface area contributed by atoms with Crippen molar-refractivity contribution in [2.75, 3.05) is 13.1 Å². The number of hydrogen-bond donors (Lipinski definition) is 1. The van der Waals surface area contributed by atoms with E-state index in [1.165, 1.54) is 15.6 Å². The van der Waals surface area contributed by atoms with Gasteiger partial charge in [-0.15, -0.1) is 11.3 Å². The molecule has 1 fully saturated rings. The van der Waals surface area contributed by atoms with Gasteiger partial charge in [0.25, 0.3) is 0 Å². The number of nitrogens with zero attached hydrogens (tertiary/aromatic N) is 1. The molecular weight excluding hydrogens is 294 g/mol. The Morgan fingerprint density at radius 3 is 3.05 bits per heavy atom. The van der Waals surface area contributed by atoms with Gasteiger partial charge in [0.05, 0.1) is 6.10 Å². The Morgan fingerprint density at radius 2 is 2.27 bits per heavy atom. The number of aliphatic hydroxyl groups is 1. The topological polar surface area (TPSA) is 40.5 Å². The minimum atomic E-state index is -0.310. The van der Waals surface area contributed by atoms with Gasteiger partial charge < -0.3 is 10.0 Å². The zero-order valence-corrected chi connectivity index (χ0v) is 13.8. The highest BCUT2D eigenvalue weighted by Gasteiger charge is 2.28. The Hall–Kier alpha value is -1.39. The fraction of sp³-hybridized carbons (Fsp3) is 0.500. The van der Waals surface area contributed by atoms with Crippen LogP contribution in [0.3, 0.4) is 0 Å². The summed E-state index contributed by atoms with van der Waals surface area (Å²) in [5.74, 6) is 0.493. The van der Waals surface area contributed by atoms with Crippen LogP contribution < -0.4 is 0 Å². The largest absolute Gasteiger partial charge is 0.393 e. The fourth-order valence-electron chi connectivity index (χ4n) is 3.22. The van der Waals surface area contributed by atoms with Crippen LogP contribution in [0.25, 0.3) is 10.1 Å². The molecule has 0 aliphatic carbocycles. The molecule has 1 aromatic carbocycles. The number of aryl methyl sites for hydroxylation is 1. The van der Waals surface area contributed by atoms with Crippen LogP contribution in [0.15, 0.2) is 29.6 Å². The van der Waals surface area contributed by atoms with Gasteiger partial charge in [-0.3, -0.25) is 4.79 Å². The second kappa shape index (κ2) is 6.80. The van der Waals surface area contributed by atoms with Crippen molar-refractivity contribution in [3.8, 4) is 0 Å². The number of fused-ring (bicyclic) bond motifs is 1. The summed E-state index contributed by atoms with van der Waals surface area (Å²) in [4.78, 5) is 14.2. The number of carbonyl (C=O) groups excluding carboxylic acids is 1. The first-order valence-electron chi connectivity index (χ1n) is 8.06. The number of likely N-dealkylation sites (tertiary alicyclic amines) is 1. The molecule has 0 spiro atoms. The van der Waals surface area contributed by atoms with Crippen LogP contribution in [0.5, 0.6) is 0 Å². The van der Waals surface area contributed by atoms with E-state index in [-0.39, 0.29) is 17.9 Å². The third-order valence-corrected chi connectivity index (χ3v) is 5.67. The molecule has 3 rings (SSSR count). The molecule has 22 heavy (non-hydrogen) atoms. The van der Waals surface area contributed by atoms with Crippen molar-refractivity contribution in [3.63, 3.8) is 0 Å². The smallest absolute Gasteiger partial charge is 0.222 e. The lowest BCUT2D eigenvalue weighted by Crippen LogP contribution is -2.30. The second-order valence-corrected chi connectivity index (χ2v) is 7.15. The molecule has 2 unspecified atom stereocenters. The van der Waals surface area contributed by atoms with Crippen molar-refractivity contribution in [2.45, 2.75) is 38.7 Å². The van der Waals surface area contributed by atoms with Crippen LogP contribution >= 0.6 is 11.3 Å². The van der Waals surface area contributed by atoms with E-state index >= 15 is 0 Å². The summed E-state index contributed by atoms with van der Waals surface area (Å²) >= 11 is 1.78. The van der Waals surface area contributed by atoms with E-state index in [0.29, 0.717) is 6.42 Å². The maximum absolute atomic E-state index is 12.3. The van der Waals surface area contributed by atoms with Crippen molar-refractivity contribution < 1.29 is 9.90 Å². The third-order valence-electron chi connectivity index (χ3n) is 4.66. The molecule has 118 valence electrons. The predicted molar refractivity (Wildman–Crippen MR) is 91.1 cm³/mol. The van der Waals surface area contributed by atoms with Crippen molar-refractivity contribution in [3.05, 3.63) is 35.2 Å². The van der Waals surface area contributed by atoms with Crippen LogP contribution in [-0.4, -0.2) is 35.1 Å². The molecule has 1 aromatic heterocycles. The Bertz CT molecular complexity index is 649. The standard InChI is InChI=1S/C18H23NO2S/c1-13(20)14-9-10-19(11-14)18(21)8-4-5-15-12-22-17-7-3-2-6-16(15)17/h2-3,6-7,12-14,20H,4-5,8-11H2,1H3. The third kappa shape index (κ3) is 3.33. The first-order chi connectivity index (χ1) is 10.6. The summed E-state index contributed by atoms with van der Waals surface area (Å²) in [6, 6.07) is 8.45. The summed E-state index contributed by atoms with van der Waals surface area (Å²) in [5.41, 5.74) is 1.36. The lowest BCUT2D eigenvalue weighted by molar-refractivity contribution is -0.130. The molecule has 3 nitrogen and oxygen atoms in total. The Labute approximate surface area is 135 Å². The summed E-state index contributed by atoms with van der Waals surface area (Å²) in [6.07, 6.45) is 3.09. The van der Waals surface area contributed by atoms with Crippen LogP contribution in [0.1, 0.15) is 31.7 Å². The van der Waals surface area contributed by atoms with Crippen LogP contribution in [0.2, 0.25) is 0 Å². The Balaban J connectivity index is 1.50. The number of amides is 1. The number of benzene rings is 1. The van der Waals surface area contributed by atoms with Crippen molar-refractivity contribution >= 4 is 27.3 Å². The molecule has 2 atom stereocenters. The first kappa shape index (κ1) is 15.5. The second-order valence-electron chi connectivity index (χ2n) is 6.24. The Kier molecular flexibility index (Phi) is 4.79. The van der Waals surface area contributed by atoms with E-state index in [2.05, 4.69) is 29.6 Å². The normalized spacial score (nSPS) is 19.7. The minimum Gasteiger partial charge on any atom is -0.393 e. The number of aliphatic hydroxyl groups excluding tert-OH is 1. The number of thiophene rings is 1. The van der Waals surface area contributed by atoms with Crippen LogP contribution in [-0.2, 0) is 11.2 Å². The highest BCUT2D eigenvalue weighted by molar-refractivity contribution is 7.17. The van der Waals surface area contributed by atoms with Crippen LogP contribution in [0, 0.1) is 5.92 Å². The quantitative estimate of drug-likeness (QED) is 0.917.